The molecule has 4 nitrogen and oxygen atoms in total. The normalized spacial score (nSPS) is 17.5. The van der Waals surface area contributed by atoms with Crippen LogP contribution in [0.15, 0.2) is 43.9 Å². The van der Waals surface area contributed by atoms with Crippen LogP contribution in [-0.4, -0.2) is 36.8 Å². The number of aliphatic imine (C=N–C) groups is 2. The third-order valence-corrected chi connectivity index (χ3v) is 5.69. The van der Waals surface area contributed by atoms with E-state index in [2.05, 4.69) is 78.7 Å². The largest absolute Gasteiger partial charge is 0.362 e. The van der Waals surface area contributed by atoms with Crippen LogP contribution in [0, 0.1) is 0 Å². The second kappa shape index (κ2) is 7.32. The van der Waals surface area contributed by atoms with Crippen LogP contribution in [0.25, 0.3) is 0 Å². The zero-order valence-electron chi connectivity index (χ0n) is 15.8. The summed E-state index contributed by atoms with van der Waals surface area (Å²) in [6.07, 6.45) is 2.00. The van der Waals surface area contributed by atoms with Crippen LogP contribution < -0.4 is 4.90 Å². The molecule has 25 heavy (non-hydrogen) atoms. The van der Waals surface area contributed by atoms with Crippen LogP contribution in [0.3, 0.4) is 0 Å². The van der Waals surface area contributed by atoms with E-state index in [1.54, 1.807) is 0 Å². The summed E-state index contributed by atoms with van der Waals surface area (Å²) in [6, 6.07) is 6.59. The van der Waals surface area contributed by atoms with Crippen LogP contribution in [0.2, 0.25) is 0 Å². The van der Waals surface area contributed by atoms with E-state index in [0.717, 1.165) is 53.6 Å². The average Bonchev–Trinajstić information content (AvgIpc) is 2.70. The van der Waals surface area contributed by atoms with Crippen LogP contribution in [0.4, 0.5) is 5.69 Å². The molecule has 5 heteroatoms. The number of nitrogens with zero attached hydrogens (tertiary/aromatic N) is 4. The van der Waals surface area contributed by atoms with Gasteiger partial charge in [0, 0.05) is 36.7 Å². The lowest BCUT2D eigenvalue weighted by Gasteiger charge is -2.28. The predicted molar refractivity (Wildman–Crippen MR) is 111 cm³/mol. The van der Waals surface area contributed by atoms with Gasteiger partial charge in [0.05, 0.1) is 5.69 Å². The van der Waals surface area contributed by atoms with Gasteiger partial charge in [-0.25, -0.2) is 4.99 Å². The lowest BCUT2D eigenvalue weighted by Crippen LogP contribution is -2.35. The lowest BCUT2D eigenvalue weighted by molar-refractivity contribution is 0.474. The highest BCUT2D eigenvalue weighted by Gasteiger charge is 2.24. The number of hydrogen-bond acceptors (Lipinski definition) is 4. The first-order valence-electron chi connectivity index (χ1n) is 9.03. The van der Waals surface area contributed by atoms with Gasteiger partial charge < -0.3 is 9.80 Å². The number of piperidine rings is 1. The molecule has 1 aromatic rings. The molecule has 134 valence electrons. The van der Waals surface area contributed by atoms with E-state index in [1.807, 2.05) is 0 Å². The first kappa shape index (κ1) is 18.2. The highest BCUT2D eigenvalue weighted by Crippen LogP contribution is 2.32. The van der Waals surface area contributed by atoms with Crippen molar-refractivity contribution in [1.29, 1.82) is 0 Å². The maximum Gasteiger partial charge on any atom is 0.231 e. The topological polar surface area (TPSA) is 31.2 Å². The maximum atomic E-state index is 4.93. The van der Waals surface area contributed by atoms with Crippen molar-refractivity contribution >= 4 is 33.4 Å². The number of rotatable bonds is 3. The zero-order chi connectivity index (χ0) is 18.1. The first-order valence-corrected chi connectivity index (χ1v) is 9.83. The van der Waals surface area contributed by atoms with Crippen LogP contribution in [0.5, 0.6) is 0 Å². The Morgan fingerprint density at radius 2 is 2.04 bits per heavy atom. The molecule has 0 atom stereocenters. The molecule has 0 aliphatic carbocycles. The third-order valence-electron chi connectivity index (χ3n) is 5.06. The Hall–Kier alpha value is -1.62. The quantitative estimate of drug-likeness (QED) is 0.698. The highest BCUT2D eigenvalue weighted by molar-refractivity contribution is 9.10. The molecule has 0 N–H and O–H groups in total. The molecule has 0 radical (unpaired) electrons. The molecule has 1 saturated heterocycles. The molecule has 1 fully saturated rings. The maximum absolute atomic E-state index is 4.93. The van der Waals surface area contributed by atoms with Crippen molar-refractivity contribution in [3.8, 4) is 0 Å². The summed E-state index contributed by atoms with van der Waals surface area (Å²) < 4.78 is 1.09. The van der Waals surface area contributed by atoms with E-state index >= 15 is 0 Å². The molecule has 2 heterocycles. The Labute approximate surface area is 159 Å². The molecule has 2 aliphatic heterocycles. The molecule has 2 aliphatic rings. The van der Waals surface area contributed by atoms with Crippen molar-refractivity contribution in [1.82, 2.24) is 4.90 Å². The monoisotopic (exact) mass is 402 g/mol. The van der Waals surface area contributed by atoms with Crippen molar-refractivity contribution in [2.75, 3.05) is 25.0 Å². The Morgan fingerprint density at radius 3 is 2.68 bits per heavy atom. The fourth-order valence-electron chi connectivity index (χ4n) is 3.29. The van der Waals surface area contributed by atoms with E-state index in [-0.39, 0.29) is 0 Å². The molecule has 0 amide bonds. The number of guanidine groups is 1. The summed E-state index contributed by atoms with van der Waals surface area (Å²) in [5.41, 5.74) is 4.98. The Kier molecular flexibility index (Phi) is 5.32. The summed E-state index contributed by atoms with van der Waals surface area (Å²) in [5.74, 6) is 2.41. The average molecular weight is 403 g/mol. The highest BCUT2D eigenvalue weighted by atomic mass is 79.9. The van der Waals surface area contributed by atoms with Crippen molar-refractivity contribution in [2.45, 2.75) is 46.5 Å². The van der Waals surface area contributed by atoms with Crippen molar-refractivity contribution in [3.05, 3.63) is 39.5 Å². The standard InChI is InChI=1S/C20H27BrN4/c1-6-25(18-8-7-15(13(2)3)11-17(18)21)20-22-14(4)16-9-10-24(5)19(12-16)23-20/h7-8,11,13H,6,9-10,12H2,1-5H3. The fraction of sp³-hybridized carbons (Fsp3) is 0.500. The zero-order valence-corrected chi connectivity index (χ0v) is 17.4. The summed E-state index contributed by atoms with van der Waals surface area (Å²) in [6.45, 7) is 10.5. The van der Waals surface area contributed by atoms with Gasteiger partial charge in [0.1, 0.15) is 5.84 Å². The van der Waals surface area contributed by atoms with Gasteiger partial charge in [0.15, 0.2) is 0 Å². The number of anilines is 1. The van der Waals surface area contributed by atoms with Gasteiger partial charge in [-0.2, -0.15) is 4.99 Å². The predicted octanol–water partition coefficient (Wildman–Crippen LogP) is 5.17. The van der Waals surface area contributed by atoms with Crippen molar-refractivity contribution < 1.29 is 0 Å². The molecule has 0 unspecified atom stereocenters. The van der Waals surface area contributed by atoms with Gasteiger partial charge in [-0.1, -0.05) is 19.9 Å². The molecule has 0 spiro atoms. The molecule has 3 rings (SSSR count). The SMILES string of the molecule is CCN(C1=NC(C)=C2CCN(C)C(=N1)C2)c1ccc(C(C)C)cc1Br. The fourth-order valence-corrected chi connectivity index (χ4v) is 3.90. The smallest absolute Gasteiger partial charge is 0.231 e. The van der Waals surface area contributed by atoms with E-state index < -0.39 is 0 Å². The van der Waals surface area contributed by atoms with E-state index in [1.165, 1.54) is 11.1 Å². The molecule has 0 aromatic heterocycles. The molecule has 0 saturated carbocycles. The van der Waals surface area contributed by atoms with E-state index in [0.29, 0.717) is 5.92 Å². The van der Waals surface area contributed by atoms with Gasteiger partial charge in [-0.05, 0) is 65.4 Å². The van der Waals surface area contributed by atoms with Gasteiger partial charge in [0.2, 0.25) is 5.96 Å². The summed E-state index contributed by atoms with van der Waals surface area (Å²) in [4.78, 5) is 14.3. The van der Waals surface area contributed by atoms with Gasteiger partial charge >= 0.3 is 0 Å². The van der Waals surface area contributed by atoms with Gasteiger partial charge in [0.25, 0.3) is 0 Å². The Bertz CT molecular complexity index is 761. The summed E-state index contributed by atoms with van der Waals surface area (Å²) in [5, 5.41) is 0. The van der Waals surface area contributed by atoms with Gasteiger partial charge in [-0.15, -0.1) is 0 Å². The second-order valence-electron chi connectivity index (χ2n) is 7.09. The minimum Gasteiger partial charge on any atom is -0.362 e. The number of amidine groups is 1. The van der Waals surface area contributed by atoms with Crippen LogP contribution in [-0.2, 0) is 0 Å². The second-order valence-corrected chi connectivity index (χ2v) is 7.94. The van der Waals surface area contributed by atoms with Crippen molar-refractivity contribution in [3.63, 3.8) is 0 Å². The van der Waals surface area contributed by atoms with Gasteiger partial charge in [-0.3, -0.25) is 0 Å². The number of halogens is 1. The number of likely N-dealkylation sites (tertiary alicyclic amines) is 1. The van der Waals surface area contributed by atoms with E-state index in [9.17, 15) is 0 Å². The lowest BCUT2D eigenvalue weighted by atomic mass is 10.0. The molecular weight excluding hydrogens is 376 g/mol. The molecule has 2 bridgehead atoms. The van der Waals surface area contributed by atoms with Crippen LogP contribution >= 0.6 is 15.9 Å². The number of hydrogen-bond donors (Lipinski definition) is 0. The Balaban J connectivity index is 2.03. The molecule has 1 aromatic carbocycles. The third kappa shape index (κ3) is 3.66. The Morgan fingerprint density at radius 1 is 1.28 bits per heavy atom. The van der Waals surface area contributed by atoms with Crippen molar-refractivity contribution in [2.24, 2.45) is 9.98 Å². The van der Waals surface area contributed by atoms with Crippen LogP contribution in [0.1, 0.15) is 52.0 Å². The summed E-state index contributed by atoms with van der Waals surface area (Å²) in [7, 11) is 2.12. The minimum absolute atomic E-state index is 0.510. The summed E-state index contributed by atoms with van der Waals surface area (Å²) >= 11 is 3.76. The minimum atomic E-state index is 0.510. The number of allylic oxidation sites excluding steroid dienone is 1. The first-order chi connectivity index (χ1) is 11.9. The van der Waals surface area contributed by atoms with E-state index in [4.69, 9.17) is 9.98 Å². The molecular formula is C20H27BrN4. The number of benzene rings is 1. The number of fused-ring (bicyclic) bond motifs is 2.